The minimum atomic E-state index is -0.403. The molecule has 0 fully saturated rings. The highest BCUT2D eigenvalue weighted by Gasteiger charge is 2.20. The fourth-order valence-corrected chi connectivity index (χ4v) is 2.24. The molecule has 4 heteroatoms. The molecule has 3 nitrogen and oxygen atoms in total. The molecule has 0 bridgehead atoms. The van der Waals surface area contributed by atoms with Gasteiger partial charge in [-0.3, -0.25) is 0 Å². The van der Waals surface area contributed by atoms with Crippen LogP contribution in [0.2, 0.25) is 5.02 Å². The molecule has 21 heavy (non-hydrogen) atoms. The van der Waals surface area contributed by atoms with Crippen molar-refractivity contribution in [3.05, 3.63) is 57.6 Å². The van der Waals surface area contributed by atoms with E-state index >= 15 is 0 Å². The summed E-state index contributed by atoms with van der Waals surface area (Å²) in [5.41, 5.74) is 3.43. The van der Waals surface area contributed by atoms with Gasteiger partial charge in [-0.2, -0.15) is 0 Å². The number of esters is 1. The Morgan fingerprint density at radius 2 is 1.67 bits per heavy atom. The van der Waals surface area contributed by atoms with E-state index in [9.17, 15) is 4.79 Å². The fourth-order valence-electron chi connectivity index (χ4n) is 2.11. The first-order valence-electron chi connectivity index (χ1n) is 6.56. The van der Waals surface area contributed by atoms with E-state index in [2.05, 4.69) is 0 Å². The summed E-state index contributed by atoms with van der Waals surface area (Å²) in [4.78, 5) is 12.0. The molecule has 0 saturated heterocycles. The van der Waals surface area contributed by atoms with Crippen molar-refractivity contribution < 1.29 is 14.3 Å². The van der Waals surface area contributed by atoms with Gasteiger partial charge in [0.1, 0.15) is 17.1 Å². The minimum absolute atomic E-state index is 0.403. The zero-order valence-electron chi connectivity index (χ0n) is 12.5. The van der Waals surface area contributed by atoms with E-state index in [1.165, 1.54) is 7.11 Å². The molecule has 2 rings (SSSR count). The van der Waals surface area contributed by atoms with Crippen LogP contribution in [0.25, 0.3) is 0 Å². The molecule has 0 aromatic heterocycles. The van der Waals surface area contributed by atoms with Crippen molar-refractivity contribution in [1.29, 1.82) is 0 Å². The van der Waals surface area contributed by atoms with E-state index in [-0.39, 0.29) is 0 Å². The van der Waals surface area contributed by atoms with Crippen molar-refractivity contribution in [3.8, 4) is 11.5 Å². The number of hydrogen-bond donors (Lipinski definition) is 0. The molecule has 0 aliphatic heterocycles. The van der Waals surface area contributed by atoms with Crippen LogP contribution in [0.1, 0.15) is 27.0 Å². The summed E-state index contributed by atoms with van der Waals surface area (Å²) in [6, 6.07) is 8.84. The third-order valence-electron chi connectivity index (χ3n) is 3.55. The lowest BCUT2D eigenvalue weighted by atomic mass is 9.97. The number of halogens is 1. The third kappa shape index (κ3) is 3.19. The van der Waals surface area contributed by atoms with E-state index in [1.807, 2.05) is 26.8 Å². The van der Waals surface area contributed by atoms with Gasteiger partial charge in [-0.05, 0) is 67.8 Å². The molecule has 0 atom stereocenters. The average Bonchev–Trinajstić information content (AvgIpc) is 2.47. The van der Waals surface area contributed by atoms with Crippen LogP contribution in [-0.4, -0.2) is 13.1 Å². The van der Waals surface area contributed by atoms with Crippen LogP contribution in [0.4, 0.5) is 0 Å². The first-order chi connectivity index (χ1) is 9.93. The van der Waals surface area contributed by atoms with Crippen molar-refractivity contribution >= 4 is 17.6 Å². The number of hydrogen-bond acceptors (Lipinski definition) is 3. The van der Waals surface area contributed by atoms with Gasteiger partial charge in [0, 0.05) is 5.02 Å². The molecule has 0 amide bonds. The van der Waals surface area contributed by atoms with Crippen molar-refractivity contribution in [3.63, 3.8) is 0 Å². The molecule has 2 aromatic carbocycles. The number of aryl methyl sites for hydroxylation is 1. The van der Waals surface area contributed by atoms with Crippen LogP contribution >= 0.6 is 11.6 Å². The second kappa shape index (κ2) is 6.19. The van der Waals surface area contributed by atoms with Crippen molar-refractivity contribution in [1.82, 2.24) is 0 Å². The summed E-state index contributed by atoms with van der Waals surface area (Å²) >= 11 is 5.86. The maximum atomic E-state index is 12.0. The van der Waals surface area contributed by atoms with Gasteiger partial charge < -0.3 is 9.47 Å². The normalized spacial score (nSPS) is 10.3. The first-order valence-corrected chi connectivity index (χ1v) is 6.94. The Morgan fingerprint density at radius 3 is 2.24 bits per heavy atom. The van der Waals surface area contributed by atoms with Gasteiger partial charge in [0.05, 0.1) is 7.11 Å². The Morgan fingerprint density at radius 1 is 1.05 bits per heavy atom. The highest BCUT2D eigenvalue weighted by Crippen LogP contribution is 2.32. The monoisotopic (exact) mass is 304 g/mol. The summed E-state index contributed by atoms with van der Waals surface area (Å²) in [5, 5.41) is 0.631. The van der Waals surface area contributed by atoms with E-state index in [0.717, 1.165) is 16.7 Å². The second-order valence-corrected chi connectivity index (χ2v) is 5.30. The highest BCUT2D eigenvalue weighted by molar-refractivity contribution is 6.30. The van der Waals surface area contributed by atoms with Crippen molar-refractivity contribution in [2.75, 3.05) is 7.11 Å². The second-order valence-electron chi connectivity index (χ2n) is 4.86. The molecular weight excluding hydrogens is 288 g/mol. The van der Waals surface area contributed by atoms with Crippen LogP contribution < -0.4 is 4.74 Å². The van der Waals surface area contributed by atoms with Gasteiger partial charge in [0.15, 0.2) is 0 Å². The summed E-state index contributed by atoms with van der Waals surface area (Å²) in [6.07, 6.45) is 0. The topological polar surface area (TPSA) is 35.5 Å². The highest BCUT2D eigenvalue weighted by atomic mass is 35.5. The van der Waals surface area contributed by atoms with Gasteiger partial charge in [0.25, 0.3) is 0 Å². The lowest BCUT2D eigenvalue weighted by Crippen LogP contribution is -2.08. The van der Waals surface area contributed by atoms with Gasteiger partial charge >= 0.3 is 5.97 Å². The molecule has 0 N–H and O–H groups in total. The molecule has 0 radical (unpaired) electrons. The Hall–Kier alpha value is -2.00. The maximum Gasteiger partial charge on any atom is 0.341 e. The number of rotatable bonds is 3. The Balaban J connectivity index is 2.51. The Labute approximate surface area is 129 Å². The number of carbonyl (C=O) groups is 1. The van der Waals surface area contributed by atoms with E-state index in [0.29, 0.717) is 22.1 Å². The zero-order valence-corrected chi connectivity index (χ0v) is 13.2. The standard InChI is InChI=1S/C17H17ClO3/c1-10-9-15(21-14-7-5-13(18)6-8-14)16(17(19)20-4)12(3)11(10)2/h5-9H,1-4H3. The predicted molar refractivity (Wildman–Crippen MR) is 83.5 cm³/mol. The first kappa shape index (κ1) is 15.4. The number of methoxy groups -OCH3 is 1. The fraction of sp³-hybridized carbons (Fsp3) is 0.235. The van der Waals surface area contributed by atoms with Gasteiger partial charge in [-0.25, -0.2) is 4.79 Å². The maximum absolute atomic E-state index is 12.0. The van der Waals surface area contributed by atoms with Crippen LogP contribution in [-0.2, 0) is 4.74 Å². The average molecular weight is 305 g/mol. The van der Waals surface area contributed by atoms with Gasteiger partial charge in [0.2, 0.25) is 0 Å². The van der Waals surface area contributed by atoms with Crippen LogP contribution in [0, 0.1) is 20.8 Å². The lowest BCUT2D eigenvalue weighted by molar-refractivity contribution is 0.0597. The molecule has 0 spiro atoms. The number of ether oxygens (including phenoxy) is 2. The van der Waals surface area contributed by atoms with E-state index in [4.69, 9.17) is 21.1 Å². The van der Waals surface area contributed by atoms with Crippen LogP contribution in [0.5, 0.6) is 11.5 Å². The van der Waals surface area contributed by atoms with Crippen LogP contribution in [0.3, 0.4) is 0 Å². The largest absolute Gasteiger partial charge is 0.465 e. The lowest BCUT2D eigenvalue weighted by Gasteiger charge is -2.16. The quantitative estimate of drug-likeness (QED) is 0.761. The summed E-state index contributed by atoms with van der Waals surface area (Å²) in [5.74, 6) is 0.705. The molecule has 110 valence electrons. The third-order valence-corrected chi connectivity index (χ3v) is 3.81. The predicted octanol–water partition coefficient (Wildman–Crippen LogP) is 4.84. The van der Waals surface area contributed by atoms with E-state index in [1.54, 1.807) is 24.3 Å². The molecule has 0 saturated carbocycles. The number of carbonyl (C=O) groups excluding carboxylic acids is 1. The minimum Gasteiger partial charge on any atom is -0.465 e. The van der Waals surface area contributed by atoms with E-state index < -0.39 is 5.97 Å². The molecule has 0 unspecified atom stereocenters. The Bertz CT molecular complexity index is 675. The molecule has 0 heterocycles. The summed E-state index contributed by atoms with van der Waals surface area (Å²) < 4.78 is 10.7. The molecule has 0 aliphatic rings. The van der Waals surface area contributed by atoms with Crippen molar-refractivity contribution in [2.24, 2.45) is 0 Å². The number of benzene rings is 2. The zero-order chi connectivity index (χ0) is 15.6. The molecular formula is C17H17ClO3. The molecule has 0 aliphatic carbocycles. The smallest absolute Gasteiger partial charge is 0.341 e. The summed E-state index contributed by atoms with van der Waals surface area (Å²) in [7, 11) is 1.36. The van der Waals surface area contributed by atoms with Crippen LogP contribution in [0.15, 0.2) is 30.3 Å². The molecule has 2 aromatic rings. The SMILES string of the molecule is COC(=O)c1c(Oc2ccc(Cl)cc2)cc(C)c(C)c1C. The van der Waals surface area contributed by atoms with Crippen molar-refractivity contribution in [2.45, 2.75) is 20.8 Å². The summed E-state index contributed by atoms with van der Waals surface area (Å²) in [6.45, 7) is 5.85. The van der Waals surface area contributed by atoms with Gasteiger partial charge in [-0.15, -0.1) is 0 Å². The van der Waals surface area contributed by atoms with Gasteiger partial charge in [-0.1, -0.05) is 11.6 Å². The Kier molecular flexibility index (Phi) is 4.53.